The SMILES string of the molecule is N=C(Cc1ccc(F)cc1)SC(=N)c1c[nH]c(C=O)c(O)c1=O. The lowest BCUT2D eigenvalue weighted by Crippen LogP contribution is -2.16. The molecule has 0 bridgehead atoms. The summed E-state index contributed by atoms with van der Waals surface area (Å²) in [4.78, 5) is 24.9. The van der Waals surface area contributed by atoms with Gasteiger partial charge in [-0.05, 0) is 17.7 Å². The van der Waals surface area contributed by atoms with Crippen LogP contribution in [0.15, 0.2) is 35.3 Å². The molecule has 6 nitrogen and oxygen atoms in total. The van der Waals surface area contributed by atoms with Gasteiger partial charge in [0.2, 0.25) is 5.43 Å². The molecule has 0 radical (unpaired) electrons. The summed E-state index contributed by atoms with van der Waals surface area (Å²) in [6, 6.07) is 5.62. The monoisotopic (exact) mass is 333 g/mol. The molecule has 4 N–H and O–H groups in total. The highest BCUT2D eigenvalue weighted by molar-refractivity contribution is 8.26. The number of halogens is 1. The average Bonchev–Trinajstić information content (AvgIpc) is 2.52. The summed E-state index contributed by atoms with van der Waals surface area (Å²) in [5.74, 6) is -1.13. The van der Waals surface area contributed by atoms with Crippen molar-refractivity contribution in [3.05, 3.63) is 63.3 Å². The third-order valence-corrected chi connectivity index (χ3v) is 3.77. The molecule has 0 atom stereocenters. The summed E-state index contributed by atoms with van der Waals surface area (Å²) in [6.07, 6.45) is 1.63. The number of thioether (sulfide) groups is 1. The normalized spacial score (nSPS) is 10.3. The number of aldehydes is 1. The van der Waals surface area contributed by atoms with Crippen LogP contribution >= 0.6 is 11.8 Å². The van der Waals surface area contributed by atoms with Crippen molar-refractivity contribution in [3.63, 3.8) is 0 Å². The van der Waals surface area contributed by atoms with Gasteiger partial charge in [0.05, 0.1) is 10.6 Å². The van der Waals surface area contributed by atoms with Crippen LogP contribution in [0, 0.1) is 16.6 Å². The van der Waals surface area contributed by atoms with Gasteiger partial charge in [-0.25, -0.2) is 4.39 Å². The number of H-pyrrole nitrogens is 1. The second kappa shape index (κ2) is 7.01. The zero-order valence-corrected chi connectivity index (χ0v) is 12.5. The number of carbonyl (C=O) groups is 1. The lowest BCUT2D eigenvalue weighted by atomic mass is 10.2. The molecule has 0 amide bonds. The van der Waals surface area contributed by atoms with Crippen LogP contribution in [0.2, 0.25) is 0 Å². The molecule has 1 aromatic carbocycles. The third kappa shape index (κ3) is 3.92. The zero-order valence-electron chi connectivity index (χ0n) is 11.7. The molecule has 2 rings (SSSR count). The maximum Gasteiger partial charge on any atom is 0.233 e. The quantitative estimate of drug-likeness (QED) is 0.390. The van der Waals surface area contributed by atoms with Crippen molar-refractivity contribution >= 4 is 28.1 Å². The molecule has 0 aliphatic rings. The molecule has 0 saturated heterocycles. The molecule has 0 spiro atoms. The second-order valence-electron chi connectivity index (χ2n) is 4.57. The highest BCUT2D eigenvalue weighted by Crippen LogP contribution is 2.16. The van der Waals surface area contributed by atoms with Crippen LogP contribution in [0.5, 0.6) is 5.75 Å². The van der Waals surface area contributed by atoms with Crippen molar-refractivity contribution in [2.75, 3.05) is 0 Å². The first-order chi connectivity index (χ1) is 10.9. The van der Waals surface area contributed by atoms with Crippen LogP contribution in [0.25, 0.3) is 0 Å². The van der Waals surface area contributed by atoms with Crippen LogP contribution in [-0.2, 0) is 6.42 Å². The molecule has 1 heterocycles. The molecule has 1 aromatic heterocycles. The van der Waals surface area contributed by atoms with E-state index in [1.165, 1.54) is 24.3 Å². The Labute approximate surface area is 134 Å². The molecule has 8 heteroatoms. The van der Waals surface area contributed by atoms with Crippen molar-refractivity contribution < 1.29 is 14.3 Å². The van der Waals surface area contributed by atoms with Crippen molar-refractivity contribution in [1.82, 2.24) is 4.98 Å². The lowest BCUT2D eigenvalue weighted by molar-refractivity contribution is 0.111. The maximum atomic E-state index is 12.8. The fourth-order valence-electron chi connectivity index (χ4n) is 1.79. The van der Waals surface area contributed by atoms with Gasteiger partial charge < -0.3 is 10.1 Å². The van der Waals surface area contributed by atoms with Gasteiger partial charge in [0.1, 0.15) is 16.6 Å². The first-order valence-corrected chi connectivity index (χ1v) is 7.22. The number of aromatic hydroxyl groups is 1. The van der Waals surface area contributed by atoms with Gasteiger partial charge in [-0.15, -0.1) is 0 Å². The minimum atomic E-state index is -0.849. The minimum absolute atomic E-state index is 0.0833. The van der Waals surface area contributed by atoms with Crippen molar-refractivity contribution in [1.29, 1.82) is 10.8 Å². The number of aromatic amines is 1. The van der Waals surface area contributed by atoms with Crippen LogP contribution in [0.1, 0.15) is 21.6 Å². The van der Waals surface area contributed by atoms with E-state index in [0.29, 0.717) is 11.8 Å². The average molecular weight is 333 g/mol. The molecule has 0 aliphatic carbocycles. The van der Waals surface area contributed by atoms with Crippen molar-refractivity contribution in [2.45, 2.75) is 6.42 Å². The standard InChI is InChI=1S/C15H12FN3O3S/c16-9-3-1-8(2-4-9)5-12(17)23-15(18)10-6-19-11(7-20)14(22)13(10)21/h1-4,6-7,17-18,22H,5H2,(H,19,21). The van der Waals surface area contributed by atoms with E-state index in [0.717, 1.165) is 18.0 Å². The largest absolute Gasteiger partial charge is 0.503 e. The van der Waals surface area contributed by atoms with Gasteiger partial charge in [-0.3, -0.25) is 20.4 Å². The van der Waals surface area contributed by atoms with Crippen LogP contribution in [-0.4, -0.2) is 26.5 Å². The van der Waals surface area contributed by atoms with Gasteiger partial charge in [0.15, 0.2) is 12.0 Å². The summed E-state index contributed by atoms with van der Waals surface area (Å²) in [7, 11) is 0. The molecule has 0 fully saturated rings. The van der Waals surface area contributed by atoms with E-state index in [2.05, 4.69) is 4.98 Å². The summed E-state index contributed by atoms with van der Waals surface area (Å²) in [5.41, 5.74) is -0.553. The number of carbonyl (C=O) groups excluding carboxylic acids is 1. The van der Waals surface area contributed by atoms with Crippen molar-refractivity contribution in [3.8, 4) is 5.75 Å². The summed E-state index contributed by atoms with van der Waals surface area (Å²) in [5, 5.41) is 25.1. The Morgan fingerprint density at radius 3 is 2.57 bits per heavy atom. The minimum Gasteiger partial charge on any atom is -0.503 e. The van der Waals surface area contributed by atoms with E-state index in [4.69, 9.17) is 10.8 Å². The highest BCUT2D eigenvalue weighted by Gasteiger charge is 2.15. The van der Waals surface area contributed by atoms with E-state index in [-0.39, 0.29) is 33.6 Å². The van der Waals surface area contributed by atoms with E-state index in [1.807, 2.05) is 0 Å². The molecule has 0 saturated carbocycles. The molecular formula is C15H12FN3O3S. The third-order valence-electron chi connectivity index (χ3n) is 2.95. The summed E-state index contributed by atoms with van der Waals surface area (Å²) < 4.78 is 12.8. The number of nitrogens with one attached hydrogen (secondary N) is 3. The molecule has 2 aromatic rings. The highest BCUT2D eigenvalue weighted by atomic mass is 32.2. The first-order valence-electron chi connectivity index (χ1n) is 6.41. The number of aromatic nitrogens is 1. The Balaban J connectivity index is 2.11. The van der Waals surface area contributed by atoms with E-state index >= 15 is 0 Å². The topological polar surface area (TPSA) is 118 Å². The molecule has 0 unspecified atom stereocenters. The van der Waals surface area contributed by atoms with Gasteiger partial charge in [0, 0.05) is 12.6 Å². The lowest BCUT2D eigenvalue weighted by Gasteiger charge is -2.06. The second-order valence-corrected chi connectivity index (χ2v) is 5.67. The Hall–Kier alpha value is -2.74. The maximum absolute atomic E-state index is 12.8. The van der Waals surface area contributed by atoms with Gasteiger partial charge >= 0.3 is 0 Å². The molecule has 23 heavy (non-hydrogen) atoms. The van der Waals surface area contributed by atoms with Gasteiger partial charge in [-0.2, -0.15) is 0 Å². The Bertz CT molecular complexity index is 831. The fourth-order valence-corrected chi connectivity index (χ4v) is 2.54. The molecular weight excluding hydrogens is 321 g/mol. The number of hydrogen-bond acceptors (Lipinski definition) is 6. The van der Waals surface area contributed by atoms with Gasteiger partial charge in [-0.1, -0.05) is 23.9 Å². The van der Waals surface area contributed by atoms with E-state index in [9.17, 15) is 19.1 Å². The Morgan fingerprint density at radius 1 is 1.30 bits per heavy atom. The number of hydrogen-bond donors (Lipinski definition) is 4. The van der Waals surface area contributed by atoms with E-state index in [1.54, 1.807) is 0 Å². The smallest absolute Gasteiger partial charge is 0.233 e. The predicted octanol–water partition coefficient (Wildman–Crippen LogP) is 2.31. The summed E-state index contributed by atoms with van der Waals surface area (Å²) in [6.45, 7) is 0. The van der Waals surface area contributed by atoms with Crippen molar-refractivity contribution in [2.24, 2.45) is 0 Å². The Kier molecular flexibility index (Phi) is 5.07. The van der Waals surface area contributed by atoms with Crippen LogP contribution < -0.4 is 5.43 Å². The van der Waals surface area contributed by atoms with Gasteiger partial charge in [0.25, 0.3) is 0 Å². The molecule has 0 aliphatic heterocycles. The fraction of sp³-hybridized carbons (Fsp3) is 0.0667. The summed E-state index contributed by atoms with van der Waals surface area (Å²) >= 11 is 0.741. The zero-order chi connectivity index (χ0) is 17.0. The molecule has 118 valence electrons. The number of rotatable bonds is 4. The number of pyridine rings is 1. The van der Waals surface area contributed by atoms with Crippen LogP contribution in [0.4, 0.5) is 4.39 Å². The first kappa shape index (κ1) is 16.6. The van der Waals surface area contributed by atoms with E-state index < -0.39 is 11.2 Å². The Morgan fingerprint density at radius 2 is 1.96 bits per heavy atom. The van der Waals surface area contributed by atoms with Crippen LogP contribution in [0.3, 0.4) is 0 Å². The predicted molar refractivity (Wildman–Crippen MR) is 86.4 cm³/mol. The number of benzene rings is 1.